The third-order valence-corrected chi connectivity index (χ3v) is 4.53. The third kappa shape index (κ3) is 3.30. The van der Waals surface area contributed by atoms with Crippen LogP contribution in [0.3, 0.4) is 0 Å². The smallest absolute Gasteiger partial charge is 0.272 e. The summed E-state index contributed by atoms with van der Waals surface area (Å²) in [5, 5.41) is 3.01. The second-order valence-electron chi connectivity index (χ2n) is 5.68. The van der Waals surface area contributed by atoms with Gasteiger partial charge in [-0.1, -0.05) is 13.3 Å². The Labute approximate surface area is 121 Å². The van der Waals surface area contributed by atoms with E-state index in [0.717, 1.165) is 24.4 Å². The molecule has 1 fully saturated rings. The number of hydrogen-bond acceptors (Lipinski definition) is 3. The van der Waals surface area contributed by atoms with E-state index in [-0.39, 0.29) is 5.91 Å². The number of carbonyl (C=O) groups is 1. The SMILES string of the molecule is CCC1CCC(N(C)C(=O)c2ccc(NC)cn2)CC1. The van der Waals surface area contributed by atoms with Gasteiger partial charge in [0.15, 0.2) is 0 Å². The first-order valence-electron chi connectivity index (χ1n) is 7.56. The fourth-order valence-corrected chi connectivity index (χ4v) is 2.96. The first kappa shape index (κ1) is 14.8. The predicted octanol–water partition coefficient (Wildman–Crippen LogP) is 3.16. The second-order valence-corrected chi connectivity index (χ2v) is 5.68. The molecule has 1 aliphatic rings. The lowest BCUT2D eigenvalue weighted by Crippen LogP contribution is -2.39. The molecule has 1 N–H and O–H groups in total. The van der Waals surface area contributed by atoms with Crippen LogP contribution in [0.1, 0.15) is 49.5 Å². The van der Waals surface area contributed by atoms with Crippen LogP contribution in [0.15, 0.2) is 18.3 Å². The highest BCUT2D eigenvalue weighted by atomic mass is 16.2. The van der Waals surface area contributed by atoms with Crippen molar-refractivity contribution in [3.8, 4) is 0 Å². The molecule has 0 bridgehead atoms. The first-order chi connectivity index (χ1) is 9.65. The number of carbonyl (C=O) groups excluding carboxylic acids is 1. The summed E-state index contributed by atoms with van der Waals surface area (Å²) in [4.78, 5) is 18.6. The van der Waals surface area contributed by atoms with E-state index in [4.69, 9.17) is 0 Å². The van der Waals surface area contributed by atoms with Crippen molar-refractivity contribution in [2.75, 3.05) is 19.4 Å². The standard InChI is InChI=1S/C16H25N3O/c1-4-12-5-8-14(9-6-12)19(3)16(20)15-10-7-13(17-2)11-18-15/h7,10-12,14,17H,4-6,8-9H2,1-3H3. The quantitative estimate of drug-likeness (QED) is 0.918. The van der Waals surface area contributed by atoms with Gasteiger partial charge in [0.05, 0.1) is 11.9 Å². The summed E-state index contributed by atoms with van der Waals surface area (Å²) in [6.07, 6.45) is 7.69. The van der Waals surface area contributed by atoms with E-state index in [1.165, 1.54) is 19.3 Å². The van der Waals surface area contributed by atoms with Crippen molar-refractivity contribution in [1.29, 1.82) is 0 Å². The summed E-state index contributed by atoms with van der Waals surface area (Å²) in [7, 11) is 3.75. The molecule has 0 atom stereocenters. The summed E-state index contributed by atoms with van der Waals surface area (Å²) in [5.74, 6) is 0.885. The van der Waals surface area contributed by atoms with E-state index < -0.39 is 0 Å². The first-order valence-corrected chi connectivity index (χ1v) is 7.56. The summed E-state index contributed by atoms with van der Waals surface area (Å²) in [6.45, 7) is 2.26. The molecule has 110 valence electrons. The zero-order valence-electron chi connectivity index (χ0n) is 12.7. The van der Waals surface area contributed by atoms with Gasteiger partial charge in [-0.3, -0.25) is 4.79 Å². The minimum absolute atomic E-state index is 0.0348. The van der Waals surface area contributed by atoms with Crippen LogP contribution in [0, 0.1) is 5.92 Å². The maximum atomic E-state index is 12.4. The number of aromatic nitrogens is 1. The van der Waals surface area contributed by atoms with E-state index in [0.29, 0.717) is 11.7 Å². The predicted molar refractivity (Wildman–Crippen MR) is 81.9 cm³/mol. The average Bonchev–Trinajstić information content (AvgIpc) is 2.53. The van der Waals surface area contributed by atoms with Crippen LogP contribution in [-0.2, 0) is 0 Å². The lowest BCUT2D eigenvalue weighted by atomic mass is 9.84. The Morgan fingerprint density at radius 1 is 1.35 bits per heavy atom. The van der Waals surface area contributed by atoms with Gasteiger partial charge in [0, 0.05) is 20.1 Å². The van der Waals surface area contributed by atoms with Crippen molar-refractivity contribution in [3.05, 3.63) is 24.0 Å². The Morgan fingerprint density at radius 2 is 2.05 bits per heavy atom. The minimum Gasteiger partial charge on any atom is -0.387 e. The van der Waals surface area contributed by atoms with Crippen molar-refractivity contribution >= 4 is 11.6 Å². The van der Waals surface area contributed by atoms with Gasteiger partial charge in [-0.25, -0.2) is 4.98 Å². The molecule has 1 aliphatic carbocycles. The molecule has 4 heteroatoms. The highest BCUT2D eigenvalue weighted by Crippen LogP contribution is 2.29. The fraction of sp³-hybridized carbons (Fsp3) is 0.625. The molecule has 1 aromatic rings. The molecule has 1 aromatic heterocycles. The van der Waals surface area contributed by atoms with Crippen LogP contribution in [0.2, 0.25) is 0 Å². The summed E-state index contributed by atoms with van der Waals surface area (Å²) >= 11 is 0. The van der Waals surface area contributed by atoms with Crippen LogP contribution < -0.4 is 5.32 Å². The number of amides is 1. The lowest BCUT2D eigenvalue weighted by Gasteiger charge is -2.34. The minimum atomic E-state index is 0.0348. The Morgan fingerprint density at radius 3 is 2.55 bits per heavy atom. The number of anilines is 1. The molecular formula is C16H25N3O. The topological polar surface area (TPSA) is 45.2 Å². The zero-order valence-corrected chi connectivity index (χ0v) is 12.7. The highest BCUT2D eigenvalue weighted by Gasteiger charge is 2.26. The van der Waals surface area contributed by atoms with E-state index in [9.17, 15) is 4.79 Å². The van der Waals surface area contributed by atoms with Crippen LogP contribution >= 0.6 is 0 Å². The van der Waals surface area contributed by atoms with Gasteiger partial charge < -0.3 is 10.2 Å². The van der Waals surface area contributed by atoms with Gasteiger partial charge in [0.1, 0.15) is 5.69 Å². The molecule has 0 unspecified atom stereocenters. The largest absolute Gasteiger partial charge is 0.387 e. The summed E-state index contributed by atoms with van der Waals surface area (Å²) < 4.78 is 0. The van der Waals surface area contributed by atoms with E-state index in [1.807, 2.05) is 25.1 Å². The van der Waals surface area contributed by atoms with Crippen LogP contribution in [-0.4, -0.2) is 35.9 Å². The molecule has 2 rings (SSSR count). The van der Waals surface area contributed by atoms with E-state index >= 15 is 0 Å². The van der Waals surface area contributed by atoms with E-state index in [1.54, 1.807) is 12.3 Å². The molecule has 1 heterocycles. The third-order valence-electron chi connectivity index (χ3n) is 4.53. The number of nitrogens with zero attached hydrogens (tertiary/aromatic N) is 2. The number of pyridine rings is 1. The molecule has 4 nitrogen and oxygen atoms in total. The summed E-state index contributed by atoms with van der Waals surface area (Å²) in [6, 6.07) is 4.06. The van der Waals surface area contributed by atoms with E-state index in [2.05, 4.69) is 17.2 Å². The van der Waals surface area contributed by atoms with Crippen molar-refractivity contribution in [1.82, 2.24) is 9.88 Å². The lowest BCUT2D eigenvalue weighted by molar-refractivity contribution is 0.0669. The van der Waals surface area contributed by atoms with Gasteiger partial charge >= 0.3 is 0 Å². The Balaban J connectivity index is 1.97. The van der Waals surface area contributed by atoms with Crippen molar-refractivity contribution in [3.63, 3.8) is 0 Å². The van der Waals surface area contributed by atoms with Gasteiger partial charge in [-0.05, 0) is 43.7 Å². The Kier molecular flexibility index (Phi) is 4.99. The van der Waals surface area contributed by atoms with Crippen molar-refractivity contribution in [2.24, 2.45) is 5.92 Å². The fourth-order valence-electron chi connectivity index (χ4n) is 2.96. The van der Waals surface area contributed by atoms with Gasteiger partial charge in [0.25, 0.3) is 5.91 Å². The van der Waals surface area contributed by atoms with Crippen LogP contribution in [0.5, 0.6) is 0 Å². The number of nitrogens with one attached hydrogen (secondary N) is 1. The molecule has 0 aromatic carbocycles. The molecule has 20 heavy (non-hydrogen) atoms. The van der Waals surface area contributed by atoms with Gasteiger partial charge in [-0.2, -0.15) is 0 Å². The molecule has 0 spiro atoms. The number of hydrogen-bond donors (Lipinski definition) is 1. The van der Waals surface area contributed by atoms with Gasteiger partial charge in [0.2, 0.25) is 0 Å². The molecule has 1 amide bonds. The maximum Gasteiger partial charge on any atom is 0.272 e. The molecular weight excluding hydrogens is 250 g/mol. The molecule has 1 saturated carbocycles. The molecule has 0 radical (unpaired) electrons. The van der Waals surface area contributed by atoms with Crippen LogP contribution in [0.25, 0.3) is 0 Å². The monoisotopic (exact) mass is 275 g/mol. The Bertz CT molecular complexity index is 436. The summed E-state index contributed by atoms with van der Waals surface area (Å²) in [5.41, 5.74) is 1.46. The second kappa shape index (κ2) is 6.73. The Hall–Kier alpha value is -1.58. The highest BCUT2D eigenvalue weighted by molar-refractivity contribution is 5.92. The molecule has 0 aliphatic heterocycles. The van der Waals surface area contributed by atoms with Crippen molar-refractivity contribution < 1.29 is 4.79 Å². The van der Waals surface area contributed by atoms with Gasteiger partial charge in [-0.15, -0.1) is 0 Å². The maximum absolute atomic E-state index is 12.4. The average molecular weight is 275 g/mol. The normalized spacial score (nSPS) is 22.4. The van der Waals surface area contributed by atoms with Crippen LogP contribution in [0.4, 0.5) is 5.69 Å². The number of rotatable bonds is 4. The zero-order chi connectivity index (χ0) is 14.5. The molecule has 0 saturated heterocycles. The van der Waals surface area contributed by atoms with Crippen molar-refractivity contribution in [2.45, 2.75) is 45.1 Å².